The second kappa shape index (κ2) is 11.6. The van der Waals surface area contributed by atoms with Crippen molar-refractivity contribution in [2.24, 2.45) is 0 Å². The van der Waals surface area contributed by atoms with Gasteiger partial charge in [-0.25, -0.2) is 4.79 Å². The van der Waals surface area contributed by atoms with E-state index in [1.165, 1.54) is 0 Å². The lowest BCUT2D eigenvalue weighted by Gasteiger charge is -2.20. The summed E-state index contributed by atoms with van der Waals surface area (Å²) in [5.74, 6) is -1.47. The van der Waals surface area contributed by atoms with E-state index in [9.17, 15) is 14.4 Å². The fourth-order valence-corrected chi connectivity index (χ4v) is 2.99. The molecule has 0 aliphatic carbocycles. The molecule has 2 aromatic carbocycles. The van der Waals surface area contributed by atoms with Crippen LogP contribution in [0.3, 0.4) is 0 Å². The number of amides is 2. The second-order valence-corrected chi connectivity index (χ2v) is 6.63. The highest BCUT2D eigenvalue weighted by atomic mass is 16.5. The lowest BCUT2D eigenvalue weighted by Crippen LogP contribution is -2.35. The molecule has 160 valence electrons. The van der Waals surface area contributed by atoms with E-state index in [4.69, 9.17) is 4.74 Å². The van der Waals surface area contributed by atoms with Crippen LogP contribution >= 0.6 is 0 Å². The van der Waals surface area contributed by atoms with Gasteiger partial charge in [0.25, 0.3) is 5.91 Å². The van der Waals surface area contributed by atoms with Crippen molar-refractivity contribution in [3.05, 3.63) is 59.7 Å². The number of ether oxygens (including phenoxy) is 1. The van der Waals surface area contributed by atoms with Gasteiger partial charge in [0.2, 0.25) is 5.91 Å². The quantitative estimate of drug-likeness (QED) is 0.587. The molecule has 0 saturated carbocycles. The first-order chi connectivity index (χ1) is 14.5. The zero-order valence-corrected chi connectivity index (χ0v) is 17.7. The minimum atomic E-state index is -0.586. The second-order valence-electron chi connectivity index (χ2n) is 6.63. The minimum absolute atomic E-state index is 0.201. The summed E-state index contributed by atoms with van der Waals surface area (Å²) in [6, 6.07) is 14.5. The SMILES string of the molecule is CCc1ccccc1NC(=O)CNC(=O)COC(=O)c1ccc(N(CC)CC)cc1. The van der Waals surface area contributed by atoms with E-state index < -0.39 is 18.5 Å². The maximum absolute atomic E-state index is 12.1. The molecule has 30 heavy (non-hydrogen) atoms. The molecule has 0 aromatic heterocycles. The van der Waals surface area contributed by atoms with E-state index >= 15 is 0 Å². The highest BCUT2D eigenvalue weighted by Crippen LogP contribution is 2.16. The third-order valence-electron chi connectivity index (χ3n) is 4.68. The molecule has 2 amide bonds. The highest BCUT2D eigenvalue weighted by molar-refractivity contribution is 5.96. The maximum Gasteiger partial charge on any atom is 0.338 e. The number of hydrogen-bond donors (Lipinski definition) is 2. The maximum atomic E-state index is 12.1. The average Bonchev–Trinajstić information content (AvgIpc) is 2.77. The topological polar surface area (TPSA) is 87.7 Å². The van der Waals surface area contributed by atoms with Crippen LogP contribution in [0, 0.1) is 0 Å². The molecule has 2 rings (SSSR count). The Labute approximate surface area is 177 Å². The van der Waals surface area contributed by atoms with Crippen LogP contribution in [0.15, 0.2) is 48.5 Å². The molecule has 7 nitrogen and oxygen atoms in total. The van der Waals surface area contributed by atoms with Gasteiger partial charge in [-0.2, -0.15) is 0 Å². The van der Waals surface area contributed by atoms with Crippen LogP contribution in [0.1, 0.15) is 36.7 Å². The molecule has 0 spiro atoms. The third kappa shape index (κ3) is 6.62. The average molecular weight is 412 g/mol. The molecule has 0 heterocycles. The summed E-state index contributed by atoms with van der Waals surface area (Å²) in [5, 5.41) is 5.22. The predicted octanol–water partition coefficient (Wildman–Crippen LogP) is 3.01. The fourth-order valence-electron chi connectivity index (χ4n) is 2.99. The normalized spacial score (nSPS) is 10.2. The zero-order chi connectivity index (χ0) is 21.9. The number of nitrogens with one attached hydrogen (secondary N) is 2. The van der Waals surface area contributed by atoms with Crippen molar-refractivity contribution < 1.29 is 19.1 Å². The van der Waals surface area contributed by atoms with Crippen molar-refractivity contribution in [2.75, 3.05) is 36.5 Å². The van der Waals surface area contributed by atoms with E-state index in [1.807, 2.05) is 43.3 Å². The van der Waals surface area contributed by atoms with Gasteiger partial charge in [-0.3, -0.25) is 9.59 Å². The Morgan fingerprint density at radius 3 is 2.20 bits per heavy atom. The summed E-state index contributed by atoms with van der Waals surface area (Å²) >= 11 is 0. The van der Waals surface area contributed by atoms with Crippen LogP contribution in [0.25, 0.3) is 0 Å². The third-order valence-corrected chi connectivity index (χ3v) is 4.68. The van der Waals surface area contributed by atoms with Crippen molar-refractivity contribution >= 4 is 29.2 Å². The van der Waals surface area contributed by atoms with Crippen molar-refractivity contribution in [3.8, 4) is 0 Å². The van der Waals surface area contributed by atoms with Crippen LogP contribution in [0.5, 0.6) is 0 Å². The van der Waals surface area contributed by atoms with Gasteiger partial charge in [-0.1, -0.05) is 25.1 Å². The monoisotopic (exact) mass is 411 g/mol. The summed E-state index contributed by atoms with van der Waals surface area (Å²) in [6.45, 7) is 7.22. The molecule has 0 fully saturated rings. The van der Waals surface area contributed by atoms with Gasteiger partial charge in [0.1, 0.15) is 0 Å². The Hall–Kier alpha value is -3.35. The van der Waals surface area contributed by atoms with E-state index in [0.717, 1.165) is 36.4 Å². The van der Waals surface area contributed by atoms with Crippen molar-refractivity contribution in [1.29, 1.82) is 0 Å². The number of rotatable bonds is 10. The molecule has 7 heteroatoms. The minimum Gasteiger partial charge on any atom is -0.452 e. The molecule has 0 aliphatic rings. The van der Waals surface area contributed by atoms with Crippen molar-refractivity contribution in [3.63, 3.8) is 0 Å². The van der Waals surface area contributed by atoms with E-state index in [2.05, 4.69) is 29.4 Å². The number of para-hydroxylation sites is 1. The number of hydrogen-bond acceptors (Lipinski definition) is 5. The lowest BCUT2D eigenvalue weighted by atomic mass is 10.1. The van der Waals surface area contributed by atoms with Gasteiger partial charge in [-0.15, -0.1) is 0 Å². The van der Waals surface area contributed by atoms with Crippen LogP contribution in [-0.4, -0.2) is 44.0 Å². The van der Waals surface area contributed by atoms with E-state index in [1.54, 1.807) is 12.1 Å². The summed E-state index contributed by atoms with van der Waals surface area (Å²) in [5.41, 5.74) is 3.12. The van der Waals surface area contributed by atoms with Gasteiger partial charge in [-0.05, 0) is 56.2 Å². The number of carbonyl (C=O) groups excluding carboxylic acids is 3. The number of aryl methyl sites for hydroxylation is 1. The molecular formula is C23H29N3O4. The number of anilines is 2. The van der Waals surface area contributed by atoms with Crippen molar-refractivity contribution in [2.45, 2.75) is 27.2 Å². The zero-order valence-electron chi connectivity index (χ0n) is 17.7. The molecule has 0 radical (unpaired) electrons. The van der Waals surface area contributed by atoms with Gasteiger partial charge in [0.05, 0.1) is 12.1 Å². The largest absolute Gasteiger partial charge is 0.452 e. The first-order valence-electron chi connectivity index (χ1n) is 10.1. The van der Waals surface area contributed by atoms with Crippen molar-refractivity contribution in [1.82, 2.24) is 5.32 Å². The summed E-state index contributed by atoms with van der Waals surface area (Å²) < 4.78 is 5.03. The number of nitrogens with zero attached hydrogens (tertiary/aromatic N) is 1. The molecule has 0 unspecified atom stereocenters. The Balaban J connectivity index is 1.77. The highest BCUT2D eigenvalue weighted by Gasteiger charge is 2.12. The van der Waals surface area contributed by atoms with Gasteiger partial charge in [0.15, 0.2) is 6.61 Å². The standard InChI is InChI=1S/C23H29N3O4/c1-4-17-9-7-8-10-20(17)25-21(27)15-24-22(28)16-30-23(29)18-11-13-19(14-12-18)26(5-2)6-3/h7-14H,4-6,15-16H2,1-3H3,(H,24,28)(H,25,27). The Bertz CT molecular complexity index is 861. The molecule has 0 atom stereocenters. The number of carbonyl (C=O) groups is 3. The summed E-state index contributed by atoms with van der Waals surface area (Å²) in [4.78, 5) is 38.2. The van der Waals surface area contributed by atoms with E-state index in [-0.39, 0.29) is 12.5 Å². The smallest absolute Gasteiger partial charge is 0.338 e. The van der Waals surface area contributed by atoms with Crippen LogP contribution in [0.2, 0.25) is 0 Å². The summed E-state index contributed by atoms with van der Waals surface area (Å²) in [6.07, 6.45) is 0.786. The number of benzene rings is 2. The molecule has 2 N–H and O–H groups in total. The summed E-state index contributed by atoms with van der Waals surface area (Å²) in [7, 11) is 0. The molecule has 0 saturated heterocycles. The van der Waals surface area contributed by atoms with Crippen LogP contribution < -0.4 is 15.5 Å². The Morgan fingerprint density at radius 1 is 0.900 bits per heavy atom. The predicted molar refractivity (Wildman–Crippen MR) is 118 cm³/mol. The molecule has 0 bridgehead atoms. The van der Waals surface area contributed by atoms with E-state index in [0.29, 0.717) is 5.56 Å². The number of esters is 1. The first kappa shape index (κ1) is 22.9. The van der Waals surface area contributed by atoms with Gasteiger partial charge in [0, 0.05) is 24.5 Å². The van der Waals surface area contributed by atoms with Gasteiger partial charge >= 0.3 is 5.97 Å². The molecular weight excluding hydrogens is 382 g/mol. The van der Waals surface area contributed by atoms with Crippen LogP contribution in [-0.2, 0) is 20.7 Å². The Morgan fingerprint density at radius 2 is 1.57 bits per heavy atom. The molecule has 2 aromatic rings. The molecule has 0 aliphatic heterocycles. The fraction of sp³-hybridized carbons (Fsp3) is 0.348. The lowest BCUT2D eigenvalue weighted by molar-refractivity contribution is -0.126. The van der Waals surface area contributed by atoms with Gasteiger partial charge < -0.3 is 20.3 Å². The van der Waals surface area contributed by atoms with Crippen LogP contribution in [0.4, 0.5) is 11.4 Å². The first-order valence-corrected chi connectivity index (χ1v) is 10.1. The Kier molecular flexibility index (Phi) is 8.87.